The molecule has 0 spiro atoms. The number of hydrogen-bond acceptors (Lipinski definition) is 3. The minimum atomic E-state index is -0.376. The lowest BCUT2D eigenvalue weighted by Gasteiger charge is -2.22. The highest BCUT2D eigenvalue weighted by Gasteiger charge is 2.36. The molecule has 3 rings (SSSR count). The van der Waals surface area contributed by atoms with Crippen LogP contribution in [0.25, 0.3) is 0 Å². The van der Waals surface area contributed by atoms with Gasteiger partial charge in [-0.2, -0.15) is 0 Å². The number of ketones is 1. The van der Waals surface area contributed by atoms with Gasteiger partial charge in [0.15, 0.2) is 5.78 Å². The van der Waals surface area contributed by atoms with E-state index >= 15 is 0 Å². The molecule has 1 saturated heterocycles. The van der Waals surface area contributed by atoms with Gasteiger partial charge in [0.1, 0.15) is 5.75 Å². The van der Waals surface area contributed by atoms with E-state index in [4.69, 9.17) is 4.74 Å². The number of rotatable bonds is 4. The number of nitrogens with one attached hydrogen (secondary N) is 1. The topological polar surface area (TPSA) is 38.3 Å². The predicted molar refractivity (Wildman–Crippen MR) is 70.1 cm³/mol. The molecule has 3 heteroatoms. The van der Waals surface area contributed by atoms with Gasteiger partial charge < -0.3 is 10.1 Å². The van der Waals surface area contributed by atoms with Gasteiger partial charge in [0.2, 0.25) is 0 Å². The van der Waals surface area contributed by atoms with Crippen molar-refractivity contribution in [3.8, 4) is 5.75 Å². The molecular formula is C15H19NO2. The van der Waals surface area contributed by atoms with E-state index in [9.17, 15) is 4.79 Å². The second-order valence-electron chi connectivity index (χ2n) is 5.53. The molecule has 1 aromatic rings. The van der Waals surface area contributed by atoms with Crippen molar-refractivity contribution in [2.45, 2.75) is 44.2 Å². The van der Waals surface area contributed by atoms with E-state index < -0.39 is 0 Å². The Morgan fingerprint density at radius 1 is 1.33 bits per heavy atom. The third-order valence-corrected chi connectivity index (χ3v) is 3.81. The molecule has 3 nitrogen and oxygen atoms in total. The number of Topliss-reactive ketones (excluding diaryl/α,β-unsaturated/α-hetero) is 1. The third-order valence-electron chi connectivity index (χ3n) is 3.81. The van der Waals surface area contributed by atoms with Gasteiger partial charge in [-0.25, -0.2) is 0 Å². The zero-order valence-electron chi connectivity index (χ0n) is 10.7. The Hall–Kier alpha value is -1.35. The van der Waals surface area contributed by atoms with Crippen LogP contribution in [0.5, 0.6) is 5.75 Å². The van der Waals surface area contributed by atoms with Gasteiger partial charge in [-0.1, -0.05) is 0 Å². The monoisotopic (exact) mass is 245 g/mol. The molecule has 2 aliphatic rings. The Bertz CT molecular complexity index is 442. The first-order valence-corrected chi connectivity index (χ1v) is 6.74. The molecule has 1 heterocycles. The zero-order chi connectivity index (χ0) is 12.6. The van der Waals surface area contributed by atoms with Crippen molar-refractivity contribution in [3.63, 3.8) is 0 Å². The van der Waals surface area contributed by atoms with Gasteiger partial charge in [-0.05, 0) is 63.4 Å². The standard InChI is InChI=1S/C15H19NO2/c1-15(9-2-10-16-15)14(17)11-3-5-12(6-4-11)18-13-7-8-13/h3-6,13,16H,2,7-10H2,1H3. The molecule has 1 N–H and O–H groups in total. The van der Waals surface area contributed by atoms with Crippen molar-refractivity contribution in [1.29, 1.82) is 0 Å². The average molecular weight is 245 g/mol. The second kappa shape index (κ2) is 4.39. The van der Waals surface area contributed by atoms with E-state index in [0.717, 1.165) is 43.5 Å². The number of carbonyl (C=O) groups excluding carboxylic acids is 1. The maximum Gasteiger partial charge on any atom is 0.182 e. The summed E-state index contributed by atoms with van der Waals surface area (Å²) in [5, 5.41) is 3.31. The first-order chi connectivity index (χ1) is 8.67. The van der Waals surface area contributed by atoms with Crippen LogP contribution in [0.3, 0.4) is 0 Å². The van der Waals surface area contributed by atoms with E-state index in [0.29, 0.717) is 6.10 Å². The fourth-order valence-corrected chi connectivity index (χ4v) is 2.47. The van der Waals surface area contributed by atoms with Crippen LogP contribution in [-0.4, -0.2) is 24.0 Å². The van der Waals surface area contributed by atoms with Crippen molar-refractivity contribution >= 4 is 5.78 Å². The van der Waals surface area contributed by atoms with Gasteiger partial charge in [0, 0.05) is 5.56 Å². The first-order valence-electron chi connectivity index (χ1n) is 6.74. The summed E-state index contributed by atoms with van der Waals surface area (Å²) in [6.07, 6.45) is 4.71. The summed E-state index contributed by atoms with van der Waals surface area (Å²) in [6.45, 7) is 2.93. The maximum absolute atomic E-state index is 12.4. The Balaban J connectivity index is 1.73. The average Bonchev–Trinajstić information content (AvgIpc) is 3.09. The molecule has 0 bridgehead atoms. The van der Waals surface area contributed by atoms with Crippen LogP contribution in [0, 0.1) is 0 Å². The van der Waals surface area contributed by atoms with Crippen LogP contribution >= 0.6 is 0 Å². The number of benzene rings is 1. The Kier molecular flexibility index (Phi) is 2.86. The summed E-state index contributed by atoms with van der Waals surface area (Å²) in [5.41, 5.74) is 0.397. The van der Waals surface area contributed by atoms with Crippen LogP contribution in [0.15, 0.2) is 24.3 Å². The SMILES string of the molecule is CC1(C(=O)c2ccc(OC3CC3)cc2)CCCN1. The quantitative estimate of drug-likeness (QED) is 0.828. The Morgan fingerprint density at radius 2 is 2.06 bits per heavy atom. The van der Waals surface area contributed by atoms with Gasteiger partial charge in [0.25, 0.3) is 0 Å². The minimum absolute atomic E-state index is 0.193. The summed E-state index contributed by atoms with van der Waals surface area (Å²) in [5.74, 6) is 1.07. The van der Waals surface area contributed by atoms with E-state index in [1.54, 1.807) is 0 Å². The van der Waals surface area contributed by atoms with Crippen molar-refractivity contribution in [1.82, 2.24) is 5.32 Å². The lowest BCUT2D eigenvalue weighted by Crippen LogP contribution is -2.44. The molecule has 1 unspecified atom stereocenters. The first kappa shape index (κ1) is 11.7. The lowest BCUT2D eigenvalue weighted by atomic mass is 9.90. The molecule has 1 atom stereocenters. The summed E-state index contributed by atoms with van der Waals surface area (Å²) in [4.78, 5) is 12.4. The van der Waals surface area contributed by atoms with Crippen LogP contribution in [0.4, 0.5) is 0 Å². The molecule has 18 heavy (non-hydrogen) atoms. The highest BCUT2D eigenvalue weighted by Crippen LogP contribution is 2.28. The van der Waals surface area contributed by atoms with Crippen LogP contribution < -0.4 is 10.1 Å². The molecular weight excluding hydrogens is 226 g/mol. The van der Waals surface area contributed by atoms with Gasteiger partial charge >= 0.3 is 0 Å². The minimum Gasteiger partial charge on any atom is -0.490 e. The largest absolute Gasteiger partial charge is 0.490 e. The number of ether oxygens (including phenoxy) is 1. The van der Waals surface area contributed by atoms with E-state index in [1.165, 1.54) is 0 Å². The molecule has 2 fully saturated rings. The van der Waals surface area contributed by atoms with Crippen molar-refractivity contribution < 1.29 is 9.53 Å². The molecule has 0 amide bonds. The summed E-state index contributed by atoms with van der Waals surface area (Å²) in [6, 6.07) is 7.57. The van der Waals surface area contributed by atoms with E-state index in [-0.39, 0.29) is 11.3 Å². The van der Waals surface area contributed by atoms with Crippen LogP contribution in [0.1, 0.15) is 43.0 Å². The lowest BCUT2D eigenvalue weighted by molar-refractivity contribution is 0.0884. The molecule has 1 aliphatic carbocycles. The second-order valence-corrected chi connectivity index (χ2v) is 5.53. The smallest absolute Gasteiger partial charge is 0.182 e. The predicted octanol–water partition coefficient (Wildman–Crippen LogP) is 2.55. The highest BCUT2D eigenvalue weighted by molar-refractivity contribution is 6.03. The maximum atomic E-state index is 12.4. The molecule has 1 saturated carbocycles. The molecule has 1 aromatic carbocycles. The zero-order valence-corrected chi connectivity index (χ0v) is 10.7. The highest BCUT2D eigenvalue weighted by atomic mass is 16.5. The van der Waals surface area contributed by atoms with Gasteiger partial charge in [-0.15, -0.1) is 0 Å². The Morgan fingerprint density at radius 3 is 2.61 bits per heavy atom. The molecule has 0 aromatic heterocycles. The normalized spacial score (nSPS) is 27.2. The third kappa shape index (κ3) is 2.27. The van der Waals surface area contributed by atoms with Crippen LogP contribution in [-0.2, 0) is 0 Å². The van der Waals surface area contributed by atoms with E-state index in [1.807, 2.05) is 31.2 Å². The fourth-order valence-electron chi connectivity index (χ4n) is 2.47. The number of hydrogen-bond donors (Lipinski definition) is 1. The van der Waals surface area contributed by atoms with E-state index in [2.05, 4.69) is 5.32 Å². The summed E-state index contributed by atoms with van der Waals surface area (Å²) in [7, 11) is 0. The summed E-state index contributed by atoms with van der Waals surface area (Å²) < 4.78 is 5.68. The molecule has 96 valence electrons. The van der Waals surface area contributed by atoms with Crippen molar-refractivity contribution in [3.05, 3.63) is 29.8 Å². The number of carbonyl (C=O) groups is 1. The molecule has 1 aliphatic heterocycles. The van der Waals surface area contributed by atoms with Gasteiger partial charge in [0.05, 0.1) is 11.6 Å². The Labute approximate surface area is 108 Å². The summed E-state index contributed by atoms with van der Waals surface area (Å²) >= 11 is 0. The van der Waals surface area contributed by atoms with Crippen molar-refractivity contribution in [2.75, 3.05) is 6.54 Å². The van der Waals surface area contributed by atoms with Crippen LogP contribution in [0.2, 0.25) is 0 Å². The molecule has 0 radical (unpaired) electrons. The van der Waals surface area contributed by atoms with Gasteiger partial charge in [-0.3, -0.25) is 4.79 Å². The fraction of sp³-hybridized carbons (Fsp3) is 0.533. The van der Waals surface area contributed by atoms with Crippen molar-refractivity contribution in [2.24, 2.45) is 0 Å².